The van der Waals surface area contributed by atoms with Gasteiger partial charge in [-0.05, 0) is 17.7 Å². The van der Waals surface area contributed by atoms with Gasteiger partial charge in [-0.25, -0.2) is 0 Å². The molecule has 29 heavy (non-hydrogen) atoms. The van der Waals surface area contributed by atoms with Gasteiger partial charge in [-0.1, -0.05) is 72.5 Å². The van der Waals surface area contributed by atoms with Crippen LogP contribution in [-0.4, -0.2) is 21.2 Å². The summed E-state index contributed by atoms with van der Waals surface area (Å²) >= 11 is 1.13. The van der Waals surface area contributed by atoms with Crippen molar-refractivity contribution < 1.29 is 4.74 Å². The van der Waals surface area contributed by atoms with Crippen molar-refractivity contribution in [1.82, 2.24) is 14.6 Å². The number of rotatable bonds is 6. The molecule has 0 bridgehead atoms. The Kier molecular flexibility index (Phi) is 5.31. The highest BCUT2D eigenvalue weighted by atomic mass is 32.1. The van der Waals surface area contributed by atoms with Crippen LogP contribution >= 0.6 is 11.3 Å². The standard InChI is InChI=1S/C22H17N3O3S/c1-2-12-28-18-11-7-6-10-16(18)14-19-21(27)25-22(29-19)23-20(26)17(24-25)13-15-8-4-3-5-9-15/h2-11,14H,1,12-13H2. The highest BCUT2D eigenvalue weighted by molar-refractivity contribution is 7.15. The SMILES string of the molecule is C=CCOc1ccccc1C=c1sc2nc(=O)c(Cc3ccccc3)nn2c1=O. The van der Waals surface area contributed by atoms with Gasteiger partial charge in [-0.2, -0.15) is 14.6 Å². The minimum atomic E-state index is -0.420. The fourth-order valence-corrected chi connectivity index (χ4v) is 3.76. The normalized spacial score (nSPS) is 11.7. The first kappa shape index (κ1) is 18.8. The summed E-state index contributed by atoms with van der Waals surface area (Å²) in [5.74, 6) is 0.643. The Morgan fingerprint density at radius 1 is 1.07 bits per heavy atom. The van der Waals surface area contributed by atoms with Crippen LogP contribution in [0.2, 0.25) is 0 Å². The third-order valence-electron chi connectivity index (χ3n) is 4.23. The minimum Gasteiger partial charge on any atom is -0.489 e. The second-order valence-electron chi connectivity index (χ2n) is 6.27. The van der Waals surface area contributed by atoms with Crippen molar-refractivity contribution in [2.24, 2.45) is 0 Å². The van der Waals surface area contributed by atoms with Crippen LogP contribution in [0, 0.1) is 0 Å². The minimum absolute atomic E-state index is 0.241. The number of para-hydroxylation sites is 1. The number of hydrogen-bond acceptors (Lipinski definition) is 6. The Morgan fingerprint density at radius 2 is 1.83 bits per heavy atom. The van der Waals surface area contributed by atoms with Gasteiger partial charge in [0.05, 0.1) is 4.53 Å². The van der Waals surface area contributed by atoms with Crippen molar-refractivity contribution in [2.75, 3.05) is 6.61 Å². The molecule has 2 aromatic heterocycles. The molecule has 7 heteroatoms. The summed E-state index contributed by atoms with van der Waals surface area (Å²) in [7, 11) is 0. The molecule has 0 spiro atoms. The van der Waals surface area contributed by atoms with E-state index in [-0.39, 0.29) is 16.2 Å². The lowest BCUT2D eigenvalue weighted by molar-refractivity contribution is 0.362. The van der Waals surface area contributed by atoms with Crippen LogP contribution in [0.3, 0.4) is 0 Å². The summed E-state index contributed by atoms with van der Waals surface area (Å²) in [5, 5.41) is 4.28. The maximum Gasteiger partial charge on any atom is 0.296 e. The predicted octanol–water partition coefficient (Wildman–Crippen LogP) is 2.21. The molecule has 0 radical (unpaired) electrons. The number of aromatic nitrogens is 3. The average molecular weight is 403 g/mol. The zero-order chi connectivity index (χ0) is 20.2. The summed E-state index contributed by atoms with van der Waals surface area (Å²) in [6.45, 7) is 4.01. The highest BCUT2D eigenvalue weighted by Gasteiger charge is 2.12. The van der Waals surface area contributed by atoms with E-state index in [0.717, 1.165) is 22.5 Å². The Labute approximate surface area is 170 Å². The lowest BCUT2D eigenvalue weighted by Gasteiger charge is -2.05. The zero-order valence-corrected chi connectivity index (χ0v) is 16.3. The maximum atomic E-state index is 12.9. The van der Waals surface area contributed by atoms with E-state index in [9.17, 15) is 9.59 Å². The first-order valence-electron chi connectivity index (χ1n) is 8.97. The van der Waals surface area contributed by atoms with Gasteiger partial charge in [-0.3, -0.25) is 9.59 Å². The maximum absolute atomic E-state index is 12.9. The van der Waals surface area contributed by atoms with Crippen molar-refractivity contribution in [1.29, 1.82) is 0 Å². The zero-order valence-electron chi connectivity index (χ0n) is 15.4. The van der Waals surface area contributed by atoms with E-state index in [1.54, 1.807) is 12.2 Å². The molecule has 0 N–H and O–H groups in total. The number of benzene rings is 2. The van der Waals surface area contributed by atoms with E-state index in [0.29, 0.717) is 23.3 Å². The van der Waals surface area contributed by atoms with E-state index in [4.69, 9.17) is 4.74 Å². The molecule has 0 amide bonds. The van der Waals surface area contributed by atoms with Crippen molar-refractivity contribution in [2.45, 2.75) is 6.42 Å². The van der Waals surface area contributed by atoms with Crippen LogP contribution in [0.15, 0.2) is 76.8 Å². The van der Waals surface area contributed by atoms with Gasteiger partial charge in [0, 0.05) is 12.0 Å². The summed E-state index contributed by atoms with van der Waals surface area (Å²) < 4.78 is 7.27. The molecule has 0 unspecified atom stereocenters. The van der Waals surface area contributed by atoms with Gasteiger partial charge in [0.2, 0.25) is 4.96 Å². The van der Waals surface area contributed by atoms with E-state index >= 15 is 0 Å². The molecule has 2 aromatic carbocycles. The second-order valence-corrected chi connectivity index (χ2v) is 7.28. The number of thiazole rings is 1. The molecule has 144 valence electrons. The van der Waals surface area contributed by atoms with E-state index in [1.165, 1.54) is 4.52 Å². The largest absolute Gasteiger partial charge is 0.489 e. The molecule has 4 rings (SSSR count). The number of fused-ring (bicyclic) bond motifs is 1. The predicted molar refractivity (Wildman–Crippen MR) is 114 cm³/mol. The van der Waals surface area contributed by atoms with Crippen molar-refractivity contribution in [3.05, 3.63) is 109 Å². The lowest BCUT2D eigenvalue weighted by Crippen LogP contribution is -2.28. The van der Waals surface area contributed by atoms with Crippen LogP contribution < -0.4 is 20.4 Å². The van der Waals surface area contributed by atoms with Gasteiger partial charge in [0.1, 0.15) is 18.1 Å². The molecule has 0 fully saturated rings. The summed E-state index contributed by atoms with van der Waals surface area (Å²) in [4.78, 5) is 29.6. The van der Waals surface area contributed by atoms with Crippen LogP contribution in [0.1, 0.15) is 16.8 Å². The van der Waals surface area contributed by atoms with Gasteiger partial charge < -0.3 is 4.74 Å². The summed E-state index contributed by atoms with van der Waals surface area (Å²) in [6.07, 6.45) is 3.70. The number of hydrogen-bond donors (Lipinski definition) is 0. The molecule has 4 aromatic rings. The third-order valence-corrected chi connectivity index (χ3v) is 5.19. The third kappa shape index (κ3) is 4.00. The van der Waals surface area contributed by atoms with Crippen molar-refractivity contribution in [3.8, 4) is 5.75 Å². The van der Waals surface area contributed by atoms with Crippen molar-refractivity contribution >= 4 is 22.4 Å². The van der Waals surface area contributed by atoms with Crippen LogP contribution in [0.4, 0.5) is 0 Å². The van der Waals surface area contributed by atoms with E-state index in [2.05, 4.69) is 16.7 Å². The molecular weight excluding hydrogens is 386 g/mol. The first-order valence-corrected chi connectivity index (χ1v) is 9.78. The lowest BCUT2D eigenvalue weighted by atomic mass is 10.1. The fraction of sp³-hybridized carbons (Fsp3) is 0.0909. The summed E-state index contributed by atoms with van der Waals surface area (Å²) in [6, 6.07) is 16.9. The highest BCUT2D eigenvalue weighted by Crippen LogP contribution is 2.18. The van der Waals surface area contributed by atoms with Crippen LogP contribution in [0.5, 0.6) is 5.75 Å². The molecule has 0 saturated carbocycles. The van der Waals surface area contributed by atoms with Gasteiger partial charge >= 0.3 is 0 Å². The molecule has 0 saturated heterocycles. The smallest absolute Gasteiger partial charge is 0.296 e. The number of nitrogens with zero attached hydrogens (tertiary/aromatic N) is 3. The van der Waals surface area contributed by atoms with E-state index in [1.807, 2.05) is 54.6 Å². The van der Waals surface area contributed by atoms with E-state index < -0.39 is 5.56 Å². The van der Waals surface area contributed by atoms with Crippen LogP contribution in [-0.2, 0) is 6.42 Å². The summed E-state index contributed by atoms with van der Waals surface area (Å²) in [5.41, 5.74) is 1.19. The fourth-order valence-electron chi connectivity index (χ4n) is 2.86. The molecule has 0 atom stereocenters. The van der Waals surface area contributed by atoms with Gasteiger partial charge in [0.25, 0.3) is 11.1 Å². The van der Waals surface area contributed by atoms with Crippen molar-refractivity contribution in [3.63, 3.8) is 0 Å². The number of ether oxygens (including phenoxy) is 1. The second kappa shape index (κ2) is 8.20. The van der Waals surface area contributed by atoms with Gasteiger partial charge in [0.15, 0.2) is 0 Å². The van der Waals surface area contributed by atoms with Crippen LogP contribution in [0.25, 0.3) is 11.0 Å². The molecule has 0 aliphatic rings. The molecule has 2 heterocycles. The Morgan fingerprint density at radius 3 is 2.62 bits per heavy atom. The Bertz CT molecular complexity index is 1340. The Balaban J connectivity index is 1.79. The molecule has 6 nitrogen and oxygen atoms in total. The first-order chi connectivity index (χ1) is 14.2. The average Bonchev–Trinajstić information content (AvgIpc) is 3.03. The topological polar surface area (TPSA) is 73.6 Å². The molecule has 0 aliphatic carbocycles. The monoisotopic (exact) mass is 403 g/mol. The molecular formula is C22H17N3O3S. The molecule has 0 aliphatic heterocycles. The van der Waals surface area contributed by atoms with Gasteiger partial charge in [-0.15, -0.1) is 0 Å². The Hall–Kier alpha value is -3.58. The quantitative estimate of drug-likeness (QED) is 0.462.